The zero-order chi connectivity index (χ0) is 13.0. The molecule has 1 N–H and O–H groups in total. The lowest BCUT2D eigenvalue weighted by Crippen LogP contribution is -2.07. The predicted octanol–water partition coefficient (Wildman–Crippen LogP) is 3.98. The Labute approximate surface area is 115 Å². The normalized spacial score (nSPS) is 21.2. The molecule has 2 aromatic carbocycles. The SMILES string of the molecule is O=C1C=C2Sc3cc4cc(O)ccc4cc3C2CC1. The fraction of sp³-hybridized carbons (Fsp3) is 0.188. The third-order valence-corrected chi connectivity index (χ3v) is 5.09. The van der Waals surface area contributed by atoms with Crippen LogP contribution in [0.25, 0.3) is 10.8 Å². The van der Waals surface area contributed by atoms with Crippen molar-refractivity contribution in [2.24, 2.45) is 0 Å². The number of hydrogen-bond donors (Lipinski definition) is 1. The summed E-state index contributed by atoms with van der Waals surface area (Å²) in [4.78, 5) is 13.9. The van der Waals surface area contributed by atoms with Crippen molar-refractivity contribution in [3.8, 4) is 5.75 Å². The Bertz CT molecular complexity index is 746. The van der Waals surface area contributed by atoms with Crippen molar-refractivity contribution >= 4 is 28.3 Å². The Balaban J connectivity index is 1.92. The van der Waals surface area contributed by atoms with Crippen LogP contribution < -0.4 is 0 Å². The molecule has 0 bridgehead atoms. The van der Waals surface area contributed by atoms with Gasteiger partial charge in [0.15, 0.2) is 5.78 Å². The van der Waals surface area contributed by atoms with Crippen molar-refractivity contribution in [1.29, 1.82) is 0 Å². The van der Waals surface area contributed by atoms with Crippen LogP contribution >= 0.6 is 11.8 Å². The van der Waals surface area contributed by atoms with Crippen molar-refractivity contribution in [2.75, 3.05) is 0 Å². The summed E-state index contributed by atoms with van der Waals surface area (Å²) < 4.78 is 0. The summed E-state index contributed by atoms with van der Waals surface area (Å²) in [5.74, 6) is 0.937. The monoisotopic (exact) mass is 268 g/mol. The van der Waals surface area contributed by atoms with E-state index in [0.717, 1.165) is 17.2 Å². The van der Waals surface area contributed by atoms with Gasteiger partial charge in [-0.15, -0.1) is 0 Å². The number of phenols is 1. The van der Waals surface area contributed by atoms with Crippen LogP contribution in [0.3, 0.4) is 0 Å². The van der Waals surface area contributed by atoms with Crippen LogP contribution in [-0.2, 0) is 4.79 Å². The zero-order valence-electron chi connectivity index (χ0n) is 10.2. The molecule has 4 rings (SSSR count). The van der Waals surface area contributed by atoms with Crippen molar-refractivity contribution in [3.05, 3.63) is 46.9 Å². The average Bonchev–Trinajstić information content (AvgIpc) is 2.72. The molecule has 1 atom stereocenters. The minimum Gasteiger partial charge on any atom is -0.508 e. The van der Waals surface area contributed by atoms with E-state index in [1.165, 1.54) is 15.4 Å². The Morgan fingerprint density at radius 3 is 2.95 bits per heavy atom. The van der Waals surface area contributed by atoms with Crippen LogP contribution in [0.2, 0.25) is 0 Å². The highest BCUT2D eigenvalue weighted by Crippen LogP contribution is 2.53. The van der Waals surface area contributed by atoms with Crippen molar-refractivity contribution < 1.29 is 9.90 Å². The van der Waals surface area contributed by atoms with E-state index in [4.69, 9.17) is 0 Å². The largest absolute Gasteiger partial charge is 0.508 e. The van der Waals surface area contributed by atoms with Gasteiger partial charge in [-0.3, -0.25) is 4.79 Å². The van der Waals surface area contributed by atoms with Crippen molar-refractivity contribution in [2.45, 2.75) is 23.7 Å². The molecule has 0 amide bonds. The van der Waals surface area contributed by atoms with Crippen LogP contribution in [0, 0.1) is 0 Å². The highest BCUT2D eigenvalue weighted by atomic mass is 32.2. The number of carbonyl (C=O) groups excluding carboxylic acids is 1. The summed E-state index contributed by atoms with van der Waals surface area (Å²) in [6.07, 6.45) is 3.39. The summed E-state index contributed by atoms with van der Waals surface area (Å²) in [5, 5.41) is 11.8. The summed E-state index contributed by atoms with van der Waals surface area (Å²) in [6.45, 7) is 0. The second kappa shape index (κ2) is 3.87. The topological polar surface area (TPSA) is 37.3 Å². The Morgan fingerprint density at radius 2 is 2.05 bits per heavy atom. The molecule has 3 heteroatoms. The predicted molar refractivity (Wildman–Crippen MR) is 76.5 cm³/mol. The number of rotatable bonds is 0. The van der Waals surface area contributed by atoms with Crippen LogP contribution in [0.4, 0.5) is 0 Å². The summed E-state index contributed by atoms with van der Waals surface area (Å²) in [6, 6.07) is 9.79. The number of ketones is 1. The van der Waals surface area contributed by atoms with E-state index in [1.54, 1.807) is 30.0 Å². The van der Waals surface area contributed by atoms with E-state index in [-0.39, 0.29) is 5.78 Å². The average molecular weight is 268 g/mol. The Morgan fingerprint density at radius 1 is 1.16 bits per heavy atom. The first-order valence-corrected chi connectivity index (χ1v) is 7.21. The second-order valence-electron chi connectivity index (χ2n) is 5.13. The van der Waals surface area contributed by atoms with Gasteiger partial charge in [0, 0.05) is 22.1 Å². The number of hydrogen-bond acceptors (Lipinski definition) is 3. The number of allylic oxidation sites excluding steroid dienone is 2. The van der Waals surface area contributed by atoms with Crippen LogP contribution in [0.15, 0.2) is 46.2 Å². The molecule has 1 aliphatic carbocycles. The molecule has 0 saturated carbocycles. The van der Waals surface area contributed by atoms with Gasteiger partial charge in [0.25, 0.3) is 0 Å². The van der Waals surface area contributed by atoms with Gasteiger partial charge in [0.2, 0.25) is 0 Å². The van der Waals surface area contributed by atoms with Gasteiger partial charge in [-0.1, -0.05) is 17.8 Å². The number of aromatic hydroxyl groups is 1. The first-order valence-electron chi connectivity index (χ1n) is 6.40. The molecular formula is C16H12O2S. The van der Waals surface area contributed by atoms with Gasteiger partial charge in [-0.25, -0.2) is 0 Å². The zero-order valence-corrected chi connectivity index (χ0v) is 11.0. The summed E-state index contributed by atoms with van der Waals surface area (Å²) >= 11 is 1.70. The van der Waals surface area contributed by atoms with Crippen LogP contribution in [0.5, 0.6) is 5.75 Å². The second-order valence-corrected chi connectivity index (χ2v) is 6.24. The molecule has 0 spiro atoms. The highest BCUT2D eigenvalue weighted by Gasteiger charge is 2.31. The smallest absolute Gasteiger partial charge is 0.156 e. The van der Waals surface area contributed by atoms with E-state index in [1.807, 2.05) is 6.07 Å². The van der Waals surface area contributed by atoms with Gasteiger partial charge in [0.1, 0.15) is 5.75 Å². The van der Waals surface area contributed by atoms with Crippen molar-refractivity contribution in [1.82, 2.24) is 0 Å². The fourth-order valence-electron chi connectivity index (χ4n) is 2.94. The highest BCUT2D eigenvalue weighted by molar-refractivity contribution is 8.03. The number of phenolic OH excluding ortho intramolecular Hbond substituents is 1. The molecule has 2 aromatic rings. The van der Waals surface area contributed by atoms with E-state index in [0.29, 0.717) is 18.1 Å². The number of carbonyl (C=O) groups is 1. The molecule has 0 saturated heterocycles. The first-order chi connectivity index (χ1) is 9.20. The molecule has 19 heavy (non-hydrogen) atoms. The van der Waals surface area contributed by atoms with E-state index in [2.05, 4.69) is 12.1 Å². The quantitative estimate of drug-likeness (QED) is 0.785. The molecular weight excluding hydrogens is 256 g/mol. The maximum absolute atomic E-state index is 11.5. The Kier molecular flexibility index (Phi) is 2.27. The summed E-state index contributed by atoms with van der Waals surface area (Å²) in [5.41, 5.74) is 1.34. The molecule has 2 aliphatic rings. The lowest BCUT2D eigenvalue weighted by Gasteiger charge is -2.16. The van der Waals surface area contributed by atoms with E-state index in [9.17, 15) is 9.90 Å². The van der Waals surface area contributed by atoms with Crippen LogP contribution in [-0.4, -0.2) is 10.9 Å². The lowest BCUT2D eigenvalue weighted by molar-refractivity contribution is -0.115. The molecule has 0 aromatic heterocycles. The van der Waals surface area contributed by atoms with E-state index < -0.39 is 0 Å². The third-order valence-electron chi connectivity index (χ3n) is 3.88. The third kappa shape index (κ3) is 1.69. The van der Waals surface area contributed by atoms with Crippen LogP contribution in [0.1, 0.15) is 24.3 Å². The van der Waals surface area contributed by atoms with Gasteiger partial charge in [-0.2, -0.15) is 0 Å². The van der Waals surface area contributed by atoms with Gasteiger partial charge in [0.05, 0.1) is 0 Å². The Hall–Kier alpha value is -1.74. The molecule has 1 heterocycles. The summed E-state index contributed by atoms with van der Waals surface area (Å²) in [7, 11) is 0. The maximum Gasteiger partial charge on any atom is 0.156 e. The molecule has 2 nitrogen and oxygen atoms in total. The minimum atomic E-state index is 0.244. The fourth-order valence-corrected chi connectivity index (χ4v) is 4.28. The number of thioether (sulfide) groups is 1. The van der Waals surface area contributed by atoms with E-state index >= 15 is 0 Å². The molecule has 0 radical (unpaired) electrons. The number of benzene rings is 2. The lowest BCUT2D eigenvalue weighted by atomic mass is 9.88. The standard InChI is InChI=1S/C16H12O2S/c17-11-2-1-9-6-14-13-4-3-12(18)8-16(13)19-15(14)7-10(9)5-11/h1-2,5-8,13,17H,3-4H2. The molecule has 0 fully saturated rings. The number of fused-ring (bicyclic) bond motifs is 4. The molecule has 1 aliphatic heterocycles. The van der Waals surface area contributed by atoms with Gasteiger partial charge >= 0.3 is 0 Å². The van der Waals surface area contributed by atoms with Gasteiger partial charge < -0.3 is 5.11 Å². The van der Waals surface area contributed by atoms with Gasteiger partial charge in [-0.05, 0) is 53.1 Å². The maximum atomic E-state index is 11.5. The molecule has 1 unspecified atom stereocenters. The first kappa shape index (κ1) is 11.1. The van der Waals surface area contributed by atoms with Crippen molar-refractivity contribution in [3.63, 3.8) is 0 Å². The minimum absolute atomic E-state index is 0.244. The molecule has 94 valence electrons.